The van der Waals surface area contributed by atoms with E-state index in [0.29, 0.717) is 47.1 Å². The molecule has 5 rings (SSSR count). The summed E-state index contributed by atoms with van der Waals surface area (Å²) in [6, 6.07) is 19.5. The van der Waals surface area contributed by atoms with E-state index in [1.54, 1.807) is 48.5 Å². The molecule has 1 N–H and O–H groups in total. The molecule has 1 aliphatic rings. The molecule has 0 saturated heterocycles. The smallest absolute Gasteiger partial charge is 0.230 e. The zero-order valence-electron chi connectivity index (χ0n) is 16.9. The SMILES string of the molecule is O=C(CNc1c(C(=O)c2ccc(Br)cc2)oc2ccccc12)c1ccc2c(c1)OCCO2. The molecule has 0 saturated carbocycles. The summed E-state index contributed by atoms with van der Waals surface area (Å²) < 4.78 is 17.8. The molecule has 0 amide bonds. The second-order valence-electron chi connectivity index (χ2n) is 7.27. The molecule has 0 atom stereocenters. The number of para-hydroxylation sites is 1. The highest BCUT2D eigenvalue weighted by molar-refractivity contribution is 9.10. The predicted molar refractivity (Wildman–Crippen MR) is 124 cm³/mol. The van der Waals surface area contributed by atoms with E-state index in [1.165, 1.54) is 0 Å². The number of rotatable bonds is 6. The van der Waals surface area contributed by atoms with Crippen LogP contribution in [0.15, 0.2) is 75.6 Å². The Morgan fingerprint density at radius 3 is 2.41 bits per heavy atom. The highest BCUT2D eigenvalue weighted by Gasteiger charge is 2.23. The summed E-state index contributed by atoms with van der Waals surface area (Å²) >= 11 is 3.38. The fraction of sp³-hybridized carbons (Fsp3) is 0.120. The minimum absolute atomic E-state index is 0.0101. The molecule has 0 fully saturated rings. The largest absolute Gasteiger partial charge is 0.486 e. The summed E-state index contributed by atoms with van der Waals surface area (Å²) in [6.45, 7) is 0.930. The normalized spacial score (nSPS) is 12.5. The number of anilines is 1. The van der Waals surface area contributed by atoms with Crippen molar-refractivity contribution in [2.75, 3.05) is 25.1 Å². The lowest BCUT2D eigenvalue weighted by atomic mass is 10.1. The van der Waals surface area contributed by atoms with Crippen molar-refractivity contribution < 1.29 is 23.5 Å². The second-order valence-corrected chi connectivity index (χ2v) is 8.19. The minimum atomic E-state index is -0.261. The van der Waals surface area contributed by atoms with Crippen molar-refractivity contribution in [2.24, 2.45) is 0 Å². The van der Waals surface area contributed by atoms with Crippen LogP contribution in [0.25, 0.3) is 11.0 Å². The number of hydrogen-bond donors (Lipinski definition) is 1. The van der Waals surface area contributed by atoms with Gasteiger partial charge in [0.2, 0.25) is 5.78 Å². The lowest BCUT2D eigenvalue weighted by Crippen LogP contribution is -2.18. The zero-order chi connectivity index (χ0) is 22.1. The van der Waals surface area contributed by atoms with Gasteiger partial charge in [-0.25, -0.2) is 0 Å². The molecule has 160 valence electrons. The van der Waals surface area contributed by atoms with Crippen LogP contribution in [0, 0.1) is 0 Å². The van der Waals surface area contributed by atoms with Crippen molar-refractivity contribution in [1.82, 2.24) is 0 Å². The molecule has 4 aromatic rings. The van der Waals surface area contributed by atoms with E-state index >= 15 is 0 Å². The van der Waals surface area contributed by atoms with Crippen LogP contribution in [0.5, 0.6) is 11.5 Å². The third-order valence-corrected chi connectivity index (χ3v) is 5.73. The first-order valence-electron chi connectivity index (χ1n) is 10.1. The van der Waals surface area contributed by atoms with Crippen LogP contribution in [0.3, 0.4) is 0 Å². The maximum absolute atomic E-state index is 13.2. The van der Waals surface area contributed by atoms with E-state index in [-0.39, 0.29) is 23.9 Å². The number of furan rings is 1. The summed E-state index contributed by atoms with van der Waals surface area (Å²) in [5.74, 6) is 0.951. The number of ketones is 2. The summed E-state index contributed by atoms with van der Waals surface area (Å²) in [6.07, 6.45) is 0. The van der Waals surface area contributed by atoms with Crippen molar-refractivity contribution in [1.29, 1.82) is 0 Å². The molecule has 0 aliphatic carbocycles. The van der Waals surface area contributed by atoms with Crippen LogP contribution in [-0.2, 0) is 0 Å². The third-order valence-electron chi connectivity index (χ3n) is 5.20. The number of Topliss-reactive ketones (excluding diaryl/α,β-unsaturated/α-hetero) is 1. The molecule has 0 unspecified atom stereocenters. The molecule has 7 heteroatoms. The quantitative estimate of drug-likeness (QED) is 0.359. The molecule has 0 bridgehead atoms. The van der Waals surface area contributed by atoms with Gasteiger partial charge in [-0.2, -0.15) is 0 Å². The number of ether oxygens (including phenoxy) is 2. The van der Waals surface area contributed by atoms with Gasteiger partial charge in [0.25, 0.3) is 0 Å². The van der Waals surface area contributed by atoms with E-state index in [4.69, 9.17) is 13.9 Å². The maximum Gasteiger partial charge on any atom is 0.230 e. The van der Waals surface area contributed by atoms with Gasteiger partial charge < -0.3 is 19.2 Å². The van der Waals surface area contributed by atoms with Crippen LogP contribution in [0.1, 0.15) is 26.5 Å². The van der Waals surface area contributed by atoms with Gasteiger partial charge in [0.15, 0.2) is 23.0 Å². The van der Waals surface area contributed by atoms with Gasteiger partial charge in [-0.05, 0) is 54.6 Å². The van der Waals surface area contributed by atoms with E-state index in [1.807, 2.05) is 18.2 Å². The van der Waals surface area contributed by atoms with E-state index in [2.05, 4.69) is 21.2 Å². The molecule has 0 radical (unpaired) electrons. The fourth-order valence-electron chi connectivity index (χ4n) is 3.60. The number of carbonyl (C=O) groups is 2. The third kappa shape index (κ3) is 3.87. The van der Waals surface area contributed by atoms with Gasteiger partial charge in [0.05, 0.1) is 12.2 Å². The topological polar surface area (TPSA) is 77.8 Å². The minimum Gasteiger partial charge on any atom is -0.486 e. The number of halogens is 1. The van der Waals surface area contributed by atoms with Gasteiger partial charge >= 0.3 is 0 Å². The summed E-state index contributed by atoms with van der Waals surface area (Å²) in [4.78, 5) is 26.0. The predicted octanol–water partition coefficient (Wildman–Crippen LogP) is 5.49. The Hall–Kier alpha value is -3.58. The average molecular weight is 492 g/mol. The van der Waals surface area contributed by atoms with E-state index in [9.17, 15) is 9.59 Å². The molecule has 3 aromatic carbocycles. The Morgan fingerprint density at radius 2 is 1.59 bits per heavy atom. The number of carbonyl (C=O) groups excluding carboxylic acids is 2. The number of nitrogens with one attached hydrogen (secondary N) is 1. The van der Waals surface area contributed by atoms with Gasteiger partial charge in [-0.1, -0.05) is 28.1 Å². The Morgan fingerprint density at radius 1 is 0.875 bits per heavy atom. The highest BCUT2D eigenvalue weighted by atomic mass is 79.9. The standard InChI is InChI=1S/C25H18BrNO5/c26-17-8-5-15(6-9-17)24(29)25-23(18-3-1-2-4-20(18)32-25)27-14-19(28)16-7-10-21-22(13-16)31-12-11-30-21/h1-10,13,27H,11-12,14H2. The number of hydrogen-bond acceptors (Lipinski definition) is 6. The molecule has 1 aliphatic heterocycles. The fourth-order valence-corrected chi connectivity index (χ4v) is 3.87. The van der Waals surface area contributed by atoms with Gasteiger partial charge in [-0.3, -0.25) is 9.59 Å². The Balaban J connectivity index is 1.43. The van der Waals surface area contributed by atoms with Crippen LogP contribution >= 0.6 is 15.9 Å². The Labute approximate surface area is 192 Å². The average Bonchev–Trinajstić information content (AvgIpc) is 3.21. The van der Waals surface area contributed by atoms with Gasteiger partial charge in [0, 0.05) is 21.0 Å². The van der Waals surface area contributed by atoms with Gasteiger partial charge in [-0.15, -0.1) is 0 Å². The molecule has 0 spiro atoms. The lowest BCUT2D eigenvalue weighted by Gasteiger charge is -2.18. The number of benzene rings is 3. The first kappa shape index (κ1) is 20.3. The van der Waals surface area contributed by atoms with Crippen LogP contribution in [-0.4, -0.2) is 31.3 Å². The first-order valence-corrected chi connectivity index (χ1v) is 10.9. The van der Waals surface area contributed by atoms with Crippen LogP contribution in [0.2, 0.25) is 0 Å². The number of fused-ring (bicyclic) bond motifs is 2. The molecule has 1 aromatic heterocycles. The van der Waals surface area contributed by atoms with Crippen LogP contribution in [0.4, 0.5) is 5.69 Å². The lowest BCUT2D eigenvalue weighted by molar-refractivity contribution is 0.0996. The molecular formula is C25H18BrNO5. The first-order chi connectivity index (χ1) is 15.6. The second kappa shape index (κ2) is 8.51. The van der Waals surface area contributed by atoms with Crippen molar-refractivity contribution >= 4 is 44.2 Å². The molecule has 6 nitrogen and oxygen atoms in total. The Bertz CT molecular complexity index is 1330. The Kier molecular flexibility index (Phi) is 5.41. The van der Waals surface area contributed by atoms with Crippen molar-refractivity contribution in [2.45, 2.75) is 0 Å². The molecular weight excluding hydrogens is 474 g/mol. The molecule has 2 heterocycles. The monoisotopic (exact) mass is 491 g/mol. The zero-order valence-corrected chi connectivity index (χ0v) is 18.5. The molecule has 32 heavy (non-hydrogen) atoms. The van der Waals surface area contributed by atoms with E-state index < -0.39 is 0 Å². The van der Waals surface area contributed by atoms with Crippen molar-refractivity contribution in [3.8, 4) is 11.5 Å². The highest BCUT2D eigenvalue weighted by Crippen LogP contribution is 2.33. The maximum atomic E-state index is 13.2. The van der Waals surface area contributed by atoms with E-state index in [0.717, 1.165) is 9.86 Å². The van der Waals surface area contributed by atoms with Crippen molar-refractivity contribution in [3.05, 3.63) is 88.1 Å². The van der Waals surface area contributed by atoms with Crippen molar-refractivity contribution in [3.63, 3.8) is 0 Å². The summed E-state index contributed by atoms with van der Waals surface area (Å²) in [7, 11) is 0. The van der Waals surface area contributed by atoms with Crippen LogP contribution < -0.4 is 14.8 Å². The van der Waals surface area contributed by atoms with Gasteiger partial charge in [0.1, 0.15) is 18.8 Å². The summed E-state index contributed by atoms with van der Waals surface area (Å²) in [5.41, 5.74) is 2.06. The summed E-state index contributed by atoms with van der Waals surface area (Å²) in [5, 5.41) is 3.87.